The number of nitriles is 1. The highest BCUT2D eigenvalue weighted by Gasteiger charge is 2.36. The molecular weight excluding hydrogens is 531 g/mol. The molecule has 2 fully saturated rings. The van der Waals surface area contributed by atoms with E-state index in [4.69, 9.17) is 0 Å². The lowest BCUT2D eigenvalue weighted by molar-refractivity contribution is -0.139. The highest BCUT2D eigenvalue weighted by atomic mass is 19.4. The minimum absolute atomic E-state index is 0.00504. The lowest BCUT2D eigenvalue weighted by atomic mass is 9.94. The average molecular weight is 557 g/mol. The van der Waals surface area contributed by atoms with Crippen molar-refractivity contribution in [2.45, 2.75) is 37.7 Å². The summed E-state index contributed by atoms with van der Waals surface area (Å²) >= 11 is 0. The summed E-state index contributed by atoms with van der Waals surface area (Å²) in [6.07, 6.45) is 0.0224. The minimum Gasteiger partial charge on any atom is -0.345 e. The molecule has 0 spiro atoms. The number of fused-ring (bicyclic) bond motifs is 1. The fourth-order valence-electron chi connectivity index (χ4n) is 5.32. The largest absolute Gasteiger partial charge is 0.419 e. The van der Waals surface area contributed by atoms with Gasteiger partial charge in [-0.1, -0.05) is 0 Å². The molecule has 0 aliphatic carbocycles. The van der Waals surface area contributed by atoms with Crippen LogP contribution in [0.4, 0.5) is 27.9 Å². The highest BCUT2D eigenvalue weighted by molar-refractivity contribution is 5.82. The van der Waals surface area contributed by atoms with Gasteiger partial charge in [-0.2, -0.15) is 23.4 Å². The Hall–Kier alpha value is -4.05. The van der Waals surface area contributed by atoms with E-state index >= 15 is 4.39 Å². The smallest absolute Gasteiger partial charge is 0.345 e. The molecule has 8 nitrogen and oxygen atoms in total. The van der Waals surface area contributed by atoms with Crippen molar-refractivity contribution in [1.82, 2.24) is 29.4 Å². The van der Waals surface area contributed by atoms with Gasteiger partial charge < -0.3 is 19.4 Å². The first-order valence-electron chi connectivity index (χ1n) is 13.0. The molecule has 0 radical (unpaired) electrons. The van der Waals surface area contributed by atoms with Crippen molar-refractivity contribution < 1.29 is 22.0 Å². The number of halogens is 5. The number of anilines is 1. The Labute approximate surface area is 226 Å². The number of likely N-dealkylation sites (tertiary alicyclic amines) is 1. The molecule has 3 aromatic heterocycles. The van der Waals surface area contributed by atoms with Gasteiger partial charge in [-0.15, -0.1) is 0 Å². The number of piperidine rings is 1. The Morgan fingerprint density at radius 3 is 2.65 bits per heavy atom. The van der Waals surface area contributed by atoms with Gasteiger partial charge in [-0.05, 0) is 44.1 Å². The molecule has 13 heteroatoms. The molecule has 5 heterocycles. The maximum atomic E-state index is 15.8. The van der Waals surface area contributed by atoms with Crippen molar-refractivity contribution in [3.63, 3.8) is 0 Å². The van der Waals surface area contributed by atoms with Crippen LogP contribution in [0.25, 0.3) is 22.3 Å². The van der Waals surface area contributed by atoms with E-state index in [1.54, 1.807) is 23.5 Å². The Kier molecular flexibility index (Phi) is 6.66. The SMILES string of the molecule is N#Cc1c[nH]c2nc(N3CCC(c4nc(-c5ccc(F)c(C(F)(F)F)c5)cn4CCN4CCC4)C(F)C3)ncc12. The van der Waals surface area contributed by atoms with Gasteiger partial charge >= 0.3 is 6.18 Å². The number of H-pyrrole nitrogens is 1. The molecule has 0 bridgehead atoms. The van der Waals surface area contributed by atoms with Crippen LogP contribution >= 0.6 is 0 Å². The molecule has 1 aromatic carbocycles. The fraction of sp³-hybridized carbons (Fsp3) is 0.407. The van der Waals surface area contributed by atoms with Gasteiger partial charge in [0.05, 0.1) is 34.7 Å². The van der Waals surface area contributed by atoms with Crippen molar-refractivity contribution in [3.8, 4) is 17.3 Å². The van der Waals surface area contributed by atoms with E-state index in [1.165, 1.54) is 6.07 Å². The first kappa shape index (κ1) is 26.2. The van der Waals surface area contributed by atoms with Crippen LogP contribution in [-0.2, 0) is 12.7 Å². The maximum absolute atomic E-state index is 15.8. The predicted molar refractivity (Wildman–Crippen MR) is 137 cm³/mol. The molecule has 2 atom stereocenters. The van der Waals surface area contributed by atoms with E-state index in [0.29, 0.717) is 54.4 Å². The third-order valence-electron chi connectivity index (χ3n) is 7.68. The van der Waals surface area contributed by atoms with Crippen molar-refractivity contribution in [2.75, 3.05) is 37.6 Å². The topological polar surface area (TPSA) is 89.7 Å². The molecule has 2 saturated heterocycles. The van der Waals surface area contributed by atoms with Gasteiger partial charge in [0.2, 0.25) is 5.95 Å². The summed E-state index contributed by atoms with van der Waals surface area (Å²) in [6, 6.07) is 4.87. The van der Waals surface area contributed by atoms with Crippen LogP contribution < -0.4 is 4.90 Å². The standard InChI is InChI=1S/C27H25F5N8/c28-21-3-2-16(10-20(21)27(30,31)32)23-15-39(9-8-38-5-1-6-38)25(36-23)18-4-7-40(14-22(18)29)26-35-13-19-17(11-33)12-34-24(19)37-26/h2-3,10,12-13,15,18,22H,1,4-9,14H2,(H,34,35,37). The van der Waals surface area contributed by atoms with Gasteiger partial charge in [0.15, 0.2) is 0 Å². The summed E-state index contributed by atoms with van der Waals surface area (Å²) < 4.78 is 71.6. The molecular formula is C27H25F5N8. The quantitative estimate of drug-likeness (QED) is 0.341. The Bertz CT molecular complexity index is 1580. The van der Waals surface area contributed by atoms with E-state index in [2.05, 4.69) is 30.9 Å². The number of imidazole rings is 1. The molecule has 6 rings (SSSR count). The van der Waals surface area contributed by atoms with Crippen LogP contribution in [0.15, 0.2) is 36.8 Å². The highest BCUT2D eigenvalue weighted by Crippen LogP contribution is 2.36. The fourth-order valence-corrected chi connectivity index (χ4v) is 5.32. The molecule has 0 amide bonds. The summed E-state index contributed by atoms with van der Waals surface area (Å²) in [7, 11) is 0. The van der Waals surface area contributed by atoms with Crippen LogP contribution in [0.2, 0.25) is 0 Å². The molecule has 40 heavy (non-hydrogen) atoms. The molecule has 2 unspecified atom stereocenters. The number of alkyl halides is 4. The number of hydrogen-bond acceptors (Lipinski definition) is 6. The molecule has 4 aromatic rings. The monoisotopic (exact) mass is 556 g/mol. The lowest BCUT2D eigenvalue weighted by Gasteiger charge is -2.35. The van der Waals surface area contributed by atoms with Crippen LogP contribution in [0.3, 0.4) is 0 Å². The third-order valence-corrected chi connectivity index (χ3v) is 7.68. The van der Waals surface area contributed by atoms with E-state index < -0.39 is 29.6 Å². The summed E-state index contributed by atoms with van der Waals surface area (Å²) in [5.74, 6) is -1.15. The average Bonchev–Trinajstić information content (AvgIpc) is 3.51. The van der Waals surface area contributed by atoms with Crippen molar-refractivity contribution in [3.05, 3.63) is 59.6 Å². The van der Waals surface area contributed by atoms with Crippen LogP contribution in [0.1, 0.15) is 35.7 Å². The van der Waals surface area contributed by atoms with Crippen molar-refractivity contribution in [2.24, 2.45) is 0 Å². The zero-order valence-electron chi connectivity index (χ0n) is 21.3. The van der Waals surface area contributed by atoms with E-state index in [-0.39, 0.29) is 17.8 Å². The van der Waals surface area contributed by atoms with Gasteiger partial charge in [0.1, 0.15) is 29.5 Å². The van der Waals surface area contributed by atoms with Gasteiger partial charge in [0.25, 0.3) is 0 Å². The van der Waals surface area contributed by atoms with E-state index in [9.17, 15) is 22.8 Å². The number of rotatable bonds is 6. The second-order valence-corrected chi connectivity index (χ2v) is 10.2. The summed E-state index contributed by atoms with van der Waals surface area (Å²) in [5, 5.41) is 9.78. The summed E-state index contributed by atoms with van der Waals surface area (Å²) in [5.41, 5.74) is -0.0856. The molecule has 208 valence electrons. The second-order valence-electron chi connectivity index (χ2n) is 10.2. The summed E-state index contributed by atoms with van der Waals surface area (Å²) in [6.45, 7) is 3.60. The van der Waals surface area contributed by atoms with Crippen LogP contribution in [-0.4, -0.2) is 68.3 Å². The normalized spacial score (nSPS) is 20.1. The third kappa shape index (κ3) is 4.88. The Balaban J connectivity index is 1.27. The number of nitrogens with one attached hydrogen (secondary N) is 1. The lowest BCUT2D eigenvalue weighted by Crippen LogP contribution is -2.43. The van der Waals surface area contributed by atoms with E-state index in [1.807, 2.05) is 4.57 Å². The zero-order valence-corrected chi connectivity index (χ0v) is 21.3. The number of nitrogens with zero attached hydrogens (tertiary/aromatic N) is 7. The maximum Gasteiger partial charge on any atom is 0.419 e. The summed E-state index contributed by atoms with van der Waals surface area (Å²) in [4.78, 5) is 20.3. The first-order valence-corrected chi connectivity index (χ1v) is 13.0. The number of aromatic nitrogens is 5. The van der Waals surface area contributed by atoms with Crippen molar-refractivity contribution in [1.29, 1.82) is 5.26 Å². The molecule has 0 saturated carbocycles. The van der Waals surface area contributed by atoms with Crippen LogP contribution in [0, 0.1) is 17.1 Å². The van der Waals surface area contributed by atoms with Gasteiger partial charge in [-0.25, -0.2) is 18.7 Å². The second kappa shape index (κ2) is 10.2. The Morgan fingerprint density at radius 1 is 1.12 bits per heavy atom. The molecule has 2 aliphatic rings. The Morgan fingerprint density at radius 2 is 1.95 bits per heavy atom. The minimum atomic E-state index is -4.85. The zero-order chi connectivity index (χ0) is 28.0. The van der Waals surface area contributed by atoms with E-state index in [0.717, 1.165) is 31.6 Å². The van der Waals surface area contributed by atoms with Crippen LogP contribution in [0.5, 0.6) is 0 Å². The number of hydrogen-bond donors (Lipinski definition) is 1. The predicted octanol–water partition coefficient (Wildman–Crippen LogP) is 4.89. The number of aromatic amines is 1. The first-order chi connectivity index (χ1) is 19.2. The van der Waals surface area contributed by atoms with Gasteiger partial charge in [-0.3, -0.25) is 0 Å². The number of benzene rings is 1. The molecule has 1 N–H and O–H groups in total. The van der Waals surface area contributed by atoms with Gasteiger partial charge in [0, 0.05) is 43.8 Å². The molecule has 2 aliphatic heterocycles. The van der Waals surface area contributed by atoms with Crippen molar-refractivity contribution >= 4 is 17.0 Å².